The van der Waals surface area contributed by atoms with Crippen LogP contribution in [0, 0.1) is 5.92 Å². The molecule has 86 valence electrons. The summed E-state index contributed by atoms with van der Waals surface area (Å²) in [7, 11) is 0. The van der Waals surface area contributed by atoms with Crippen LogP contribution in [0.5, 0.6) is 0 Å². The van der Waals surface area contributed by atoms with Gasteiger partial charge in [0.25, 0.3) is 0 Å². The summed E-state index contributed by atoms with van der Waals surface area (Å²) in [5.74, 6) is 0.592. The second-order valence-corrected chi connectivity index (χ2v) is 4.70. The molecule has 0 aromatic heterocycles. The molecule has 1 heterocycles. The van der Waals surface area contributed by atoms with Gasteiger partial charge in [0, 0.05) is 31.5 Å². The van der Waals surface area contributed by atoms with Gasteiger partial charge in [-0.1, -0.05) is 37.3 Å². The average Bonchev–Trinajstić information content (AvgIpc) is 2.31. The predicted octanol–water partition coefficient (Wildman–Crippen LogP) is 2.49. The smallest absolute Gasteiger partial charge is 0.138 e. The molecular formula is C14H19NO. The minimum atomic E-state index is 0.178. The van der Waals surface area contributed by atoms with Crippen molar-refractivity contribution in [2.45, 2.75) is 32.9 Å². The van der Waals surface area contributed by atoms with Gasteiger partial charge >= 0.3 is 0 Å². The molecule has 0 aliphatic carbocycles. The molecule has 2 atom stereocenters. The first-order valence-electron chi connectivity index (χ1n) is 5.99. The summed E-state index contributed by atoms with van der Waals surface area (Å²) in [6.07, 6.45) is 0.707. The van der Waals surface area contributed by atoms with Crippen LogP contribution >= 0.6 is 0 Å². The van der Waals surface area contributed by atoms with Gasteiger partial charge in [-0.25, -0.2) is 0 Å². The SMILES string of the molecule is C[C@H]1C(=O)CCN(Cc2ccccc2)[C@H]1C. The third kappa shape index (κ3) is 2.33. The van der Waals surface area contributed by atoms with Crippen molar-refractivity contribution in [2.24, 2.45) is 5.92 Å². The van der Waals surface area contributed by atoms with Crippen LogP contribution in [-0.2, 0) is 11.3 Å². The van der Waals surface area contributed by atoms with Gasteiger partial charge in [0.1, 0.15) is 5.78 Å². The summed E-state index contributed by atoms with van der Waals surface area (Å²) in [5, 5.41) is 0. The van der Waals surface area contributed by atoms with Crippen LogP contribution in [0.3, 0.4) is 0 Å². The number of carbonyl (C=O) groups is 1. The zero-order chi connectivity index (χ0) is 11.5. The zero-order valence-electron chi connectivity index (χ0n) is 10.0. The maximum absolute atomic E-state index is 11.6. The van der Waals surface area contributed by atoms with Gasteiger partial charge in [-0.2, -0.15) is 0 Å². The minimum Gasteiger partial charge on any atom is -0.299 e. The van der Waals surface area contributed by atoms with Gasteiger partial charge in [0.15, 0.2) is 0 Å². The molecule has 0 amide bonds. The molecule has 1 aliphatic heterocycles. The van der Waals surface area contributed by atoms with Crippen molar-refractivity contribution < 1.29 is 4.79 Å². The zero-order valence-corrected chi connectivity index (χ0v) is 10.0. The van der Waals surface area contributed by atoms with E-state index in [-0.39, 0.29) is 5.92 Å². The van der Waals surface area contributed by atoms with Crippen molar-refractivity contribution in [2.75, 3.05) is 6.54 Å². The molecule has 2 nitrogen and oxygen atoms in total. The van der Waals surface area contributed by atoms with E-state index in [0.29, 0.717) is 18.2 Å². The van der Waals surface area contributed by atoms with E-state index in [1.165, 1.54) is 5.56 Å². The number of ketones is 1. The van der Waals surface area contributed by atoms with Crippen LogP contribution in [0.4, 0.5) is 0 Å². The molecule has 1 fully saturated rings. The third-order valence-corrected chi connectivity index (χ3v) is 3.68. The van der Waals surface area contributed by atoms with E-state index in [2.05, 4.69) is 36.1 Å². The molecular weight excluding hydrogens is 198 g/mol. The van der Waals surface area contributed by atoms with Gasteiger partial charge in [-0.05, 0) is 12.5 Å². The molecule has 1 aliphatic rings. The number of carbonyl (C=O) groups excluding carboxylic acids is 1. The van der Waals surface area contributed by atoms with E-state index in [1.54, 1.807) is 0 Å². The van der Waals surface area contributed by atoms with E-state index in [0.717, 1.165) is 13.1 Å². The highest BCUT2D eigenvalue weighted by molar-refractivity contribution is 5.82. The van der Waals surface area contributed by atoms with Gasteiger partial charge in [-0.15, -0.1) is 0 Å². The van der Waals surface area contributed by atoms with E-state index >= 15 is 0 Å². The first-order valence-corrected chi connectivity index (χ1v) is 5.99. The van der Waals surface area contributed by atoms with Crippen molar-refractivity contribution >= 4 is 5.78 Å². The van der Waals surface area contributed by atoms with E-state index in [1.807, 2.05) is 13.0 Å². The summed E-state index contributed by atoms with van der Waals surface area (Å²) in [6.45, 7) is 6.06. The molecule has 0 bridgehead atoms. The number of hydrogen-bond donors (Lipinski definition) is 0. The Labute approximate surface area is 97.3 Å². The third-order valence-electron chi connectivity index (χ3n) is 3.68. The second kappa shape index (κ2) is 4.79. The Balaban J connectivity index is 2.03. The molecule has 0 N–H and O–H groups in total. The van der Waals surface area contributed by atoms with E-state index in [9.17, 15) is 4.79 Å². The fraction of sp³-hybridized carbons (Fsp3) is 0.500. The highest BCUT2D eigenvalue weighted by Crippen LogP contribution is 2.21. The lowest BCUT2D eigenvalue weighted by molar-refractivity contribution is -0.128. The summed E-state index contributed by atoms with van der Waals surface area (Å²) >= 11 is 0. The molecule has 1 saturated heterocycles. The molecule has 1 aromatic rings. The van der Waals surface area contributed by atoms with Crippen molar-refractivity contribution in [3.8, 4) is 0 Å². The second-order valence-electron chi connectivity index (χ2n) is 4.70. The molecule has 16 heavy (non-hydrogen) atoms. The molecule has 1 aromatic carbocycles. The number of rotatable bonds is 2. The molecule has 0 unspecified atom stereocenters. The number of likely N-dealkylation sites (tertiary alicyclic amines) is 1. The summed E-state index contributed by atoms with van der Waals surface area (Å²) in [5.41, 5.74) is 1.33. The van der Waals surface area contributed by atoms with E-state index in [4.69, 9.17) is 0 Å². The summed E-state index contributed by atoms with van der Waals surface area (Å²) in [6, 6.07) is 10.8. The van der Waals surface area contributed by atoms with Crippen molar-refractivity contribution in [1.82, 2.24) is 4.90 Å². The van der Waals surface area contributed by atoms with Crippen molar-refractivity contribution in [3.63, 3.8) is 0 Å². The fourth-order valence-electron chi connectivity index (χ4n) is 2.31. The summed E-state index contributed by atoms with van der Waals surface area (Å²) < 4.78 is 0. The lowest BCUT2D eigenvalue weighted by Gasteiger charge is -2.36. The van der Waals surface area contributed by atoms with E-state index < -0.39 is 0 Å². The minimum absolute atomic E-state index is 0.178. The average molecular weight is 217 g/mol. The Bertz CT molecular complexity index is 360. The lowest BCUT2D eigenvalue weighted by atomic mass is 9.90. The monoisotopic (exact) mass is 217 g/mol. The van der Waals surface area contributed by atoms with Gasteiger partial charge in [0.05, 0.1) is 0 Å². The number of piperidine rings is 1. The largest absolute Gasteiger partial charge is 0.299 e. The van der Waals surface area contributed by atoms with Crippen LogP contribution < -0.4 is 0 Å². The number of nitrogens with zero attached hydrogens (tertiary/aromatic N) is 1. The van der Waals surface area contributed by atoms with Crippen LogP contribution in [0.1, 0.15) is 25.8 Å². The molecule has 0 radical (unpaired) electrons. The van der Waals surface area contributed by atoms with Crippen molar-refractivity contribution in [1.29, 1.82) is 0 Å². The van der Waals surface area contributed by atoms with Gasteiger partial charge in [-0.3, -0.25) is 9.69 Å². The maximum Gasteiger partial charge on any atom is 0.138 e. The number of benzene rings is 1. The number of Topliss-reactive ketones (excluding diaryl/α,β-unsaturated/α-hetero) is 1. The molecule has 0 spiro atoms. The highest BCUT2D eigenvalue weighted by atomic mass is 16.1. The van der Waals surface area contributed by atoms with Crippen LogP contribution in [0.2, 0.25) is 0 Å². The lowest BCUT2D eigenvalue weighted by Crippen LogP contribution is -2.46. The first-order chi connectivity index (χ1) is 7.68. The van der Waals surface area contributed by atoms with Crippen LogP contribution in [-0.4, -0.2) is 23.3 Å². The molecule has 2 heteroatoms. The fourth-order valence-corrected chi connectivity index (χ4v) is 2.31. The Kier molecular flexibility index (Phi) is 3.39. The Morgan fingerprint density at radius 2 is 1.94 bits per heavy atom. The quantitative estimate of drug-likeness (QED) is 0.758. The topological polar surface area (TPSA) is 20.3 Å². The standard InChI is InChI=1S/C14H19NO/c1-11-12(2)15(9-8-14(11)16)10-13-6-4-3-5-7-13/h3-7,11-12H,8-10H2,1-2H3/t11-,12+/m1/s1. The maximum atomic E-state index is 11.6. The van der Waals surface area contributed by atoms with Crippen LogP contribution in [0.25, 0.3) is 0 Å². The number of hydrogen-bond acceptors (Lipinski definition) is 2. The van der Waals surface area contributed by atoms with Gasteiger partial charge in [0.2, 0.25) is 0 Å². The van der Waals surface area contributed by atoms with Crippen molar-refractivity contribution in [3.05, 3.63) is 35.9 Å². The molecule has 0 saturated carbocycles. The summed E-state index contributed by atoms with van der Waals surface area (Å²) in [4.78, 5) is 14.0. The predicted molar refractivity (Wildman–Crippen MR) is 65.1 cm³/mol. The Morgan fingerprint density at radius 3 is 2.62 bits per heavy atom. The normalized spacial score (nSPS) is 27.0. The first kappa shape index (κ1) is 11.3. The molecule has 2 rings (SSSR count). The Hall–Kier alpha value is -1.15. The Morgan fingerprint density at radius 1 is 1.25 bits per heavy atom. The van der Waals surface area contributed by atoms with Gasteiger partial charge < -0.3 is 0 Å². The highest BCUT2D eigenvalue weighted by Gasteiger charge is 2.30. The van der Waals surface area contributed by atoms with Crippen LogP contribution in [0.15, 0.2) is 30.3 Å².